The predicted octanol–water partition coefficient (Wildman–Crippen LogP) is 9.48. The molecule has 0 aromatic carbocycles. The normalized spacial score (nSPS) is 13.5. The van der Waals surface area contributed by atoms with E-state index in [1.165, 1.54) is 0 Å². The molecule has 0 saturated heterocycles. The summed E-state index contributed by atoms with van der Waals surface area (Å²) in [7, 11) is 0. The fourth-order valence-corrected chi connectivity index (χ4v) is 5.02. The van der Waals surface area contributed by atoms with Crippen molar-refractivity contribution in [2.24, 2.45) is 0 Å². The third kappa shape index (κ3) is 34.8. The number of carboxylic acids is 1. The van der Waals surface area contributed by atoms with Crippen molar-refractivity contribution in [1.82, 2.24) is 10.6 Å². The lowest BCUT2D eigenvalue weighted by Gasteiger charge is -2.15. The zero-order chi connectivity index (χ0) is 39.7. The average molecular weight is 751 g/mol. The number of hydrogen-bond acceptors (Lipinski definition) is 6. The molecule has 9 nitrogen and oxygen atoms in total. The summed E-state index contributed by atoms with van der Waals surface area (Å²) in [5, 5.41) is 22.5. The first-order valence-electron chi connectivity index (χ1n) is 20.1. The number of ether oxygens (including phenoxy) is 1. The third-order valence-corrected chi connectivity index (χ3v) is 8.06. The van der Waals surface area contributed by atoms with Crippen molar-refractivity contribution in [2.45, 2.75) is 148 Å². The van der Waals surface area contributed by atoms with Gasteiger partial charge in [0.1, 0.15) is 12.1 Å². The van der Waals surface area contributed by atoms with Gasteiger partial charge in [0.2, 0.25) is 11.8 Å². The van der Waals surface area contributed by atoms with Gasteiger partial charge in [-0.3, -0.25) is 14.4 Å². The standard InChI is InChI=1S/C45H70N2O7/c1-3-5-7-9-11-13-15-16-17-18-19-20-22-24-26-28-33-37-44(51)54-40(34-30-27-25-23-21-14-12-10-8-6-4-2)35-31-29-32-36-42(49)46-38-43(50)47-41(39-48)45(52)53/h5-8,11-14,16-17,19-20,23,25,30,34,40-41,48H,3-4,9-10,15,18,21-22,24,26-29,31-33,35-39H2,1-2H3,(H,46,49)(H,47,50)(H,52,53)/b7-5-,8-6-,13-11-,14-12-,17-16-,20-19-,25-23-,34-30-. The Morgan fingerprint density at radius 2 is 1.06 bits per heavy atom. The van der Waals surface area contributed by atoms with E-state index < -0.39 is 24.5 Å². The zero-order valence-electron chi connectivity index (χ0n) is 33.2. The van der Waals surface area contributed by atoms with Crippen LogP contribution in [0, 0.1) is 0 Å². The number of esters is 1. The molecule has 0 aliphatic rings. The lowest BCUT2D eigenvalue weighted by Crippen LogP contribution is -2.47. The zero-order valence-corrected chi connectivity index (χ0v) is 33.2. The topological polar surface area (TPSA) is 142 Å². The minimum Gasteiger partial charge on any atom is -0.480 e. The largest absolute Gasteiger partial charge is 0.480 e. The Bertz CT molecular complexity index is 1230. The van der Waals surface area contributed by atoms with Crippen LogP contribution in [-0.4, -0.2) is 59.3 Å². The van der Waals surface area contributed by atoms with E-state index in [0.29, 0.717) is 19.3 Å². The molecule has 0 aromatic rings. The number of hydrogen-bond donors (Lipinski definition) is 4. The maximum absolute atomic E-state index is 12.7. The van der Waals surface area contributed by atoms with Gasteiger partial charge in [0.15, 0.2) is 0 Å². The lowest BCUT2D eigenvalue weighted by molar-refractivity contribution is -0.147. The summed E-state index contributed by atoms with van der Waals surface area (Å²) in [6.07, 6.45) is 50.2. The highest BCUT2D eigenvalue weighted by molar-refractivity contribution is 5.87. The molecule has 0 radical (unpaired) electrons. The Morgan fingerprint density at radius 3 is 1.59 bits per heavy atom. The van der Waals surface area contributed by atoms with Gasteiger partial charge < -0.3 is 25.6 Å². The van der Waals surface area contributed by atoms with Crippen molar-refractivity contribution >= 4 is 23.8 Å². The van der Waals surface area contributed by atoms with Gasteiger partial charge in [-0.15, -0.1) is 0 Å². The molecular formula is C45H70N2O7. The Morgan fingerprint density at radius 1 is 0.574 bits per heavy atom. The van der Waals surface area contributed by atoms with E-state index in [4.69, 9.17) is 14.9 Å². The number of carboxylic acid groups (broad SMARTS) is 1. The van der Waals surface area contributed by atoms with Gasteiger partial charge in [0.25, 0.3) is 0 Å². The van der Waals surface area contributed by atoms with Crippen LogP contribution >= 0.6 is 0 Å². The van der Waals surface area contributed by atoms with Gasteiger partial charge >= 0.3 is 11.9 Å². The molecule has 302 valence electrons. The number of nitrogens with one attached hydrogen (secondary N) is 2. The molecule has 0 heterocycles. The first-order valence-corrected chi connectivity index (χ1v) is 20.1. The summed E-state index contributed by atoms with van der Waals surface area (Å²) in [5.41, 5.74) is 0. The minimum atomic E-state index is -1.41. The van der Waals surface area contributed by atoms with Crippen molar-refractivity contribution < 1.29 is 34.1 Å². The van der Waals surface area contributed by atoms with Crippen LogP contribution in [-0.2, 0) is 23.9 Å². The number of carbonyl (C=O) groups is 4. The Hall–Kier alpha value is -4.24. The monoisotopic (exact) mass is 751 g/mol. The van der Waals surface area contributed by atoms with Crippen LogP contribution < -0.4 is 10.6 Å². The van der Waals surface area contributed by atoms with Gasteiger partial charge in [0.05, 0.1) is 13.2 Å². The molecule has 0 saturated carbocycles. The molecule has 2 atom stereocenters. The number of aliphatic carboxylic acids is 1. The van der Waals surface area contributed by atoms with E-state index in [1.807, 2.05) is 12.2 Å². The van der Waals surface area contributed by atoms with Crippen LogP contribution in [0.3, 0.4) is 0 Å². The molecular weight excluding hydrogens is 681 g/mol. The maximum Gasteiger partial charge on any atom is 0.328 e. The maximum atomic E-state index is 12.7. The number of unbranched alkanes of at least 4 members (excludes halogenated alkanes) is 6. The van der Waals surface area contributed by atoms with Crippen molar-refractivity contribution in [2.75, 3.05) is 13.2 Å². The van der Waals surface area contributed by atoms with Gasteiger partial charge in [0, 0.05) is 12.8 Å². The smallest absolute Gasteiger partial charge is 0.328 e. The molecule has 0 bridgehead atoms. The molecule has 2 amide bonds. The van der Waals surface area contributed by atoms with Crippen molar-refractivity contribution in [1.29, 1.82) is 0 Å². The number of allylic oxidation sites excluding steroid dienone is 15. The predicted molar refractivity (Wildman–Crippen MR) is 222 cm³/mol. The van der Waals surface area contributed by atoms with E-state index in [2.05, 4.69) is 110 Å². The highest BCUT2D eigenvalue weighted by atomic mass is 16.5. The second-order valence-corrected chi connectivity index (χ2v) is 13.0. The Kier molecular flexibility index (Phi) is 35.5. The fourth-order valence-electron chi connectivity index (χ4n) is 5.02. The van der Waals surface area contributed by atoms with Crippen molar-refractivity contribution in [3.8, 4) is 0 Å². The molecule has 4 N–H and O–H groups in total. The first-order chi connectivity index (χ1) is 26.3. The molecule has 2 unspecified atom stereocenters. The summed E-state index contributed by atoms with van der Waals surface area (Å²) < 4.78 is 5.85. The SMILES string of the molecule is CC/C=C\C/C=C\C/C=C\C/C=C\CCCCCCC(=O)OC(/C=C\C/C=C\C/C=C\C/C=C\CC)CCCCCC(=O)NCC(=O)NC(CO)C(=O)O. The van der Waals surface area contributed by atoms with Crippen molar-refractivity contribution in [3.05, 3.63) is 97.2 Å². The molecule has 0 rings (SSSR count). The molecule has 0 spiro atoms. The highest BCUT2D eigenvalue weighted by Gasteiger charge is 2.18. The summed E-state index contributed by atoms with van der Waals surface area (Å²) in [4.78, 5) is 47.6. The van der Waals surface area contributed by atoms with Crippen LogP contribution in [0.25, 0.3) is 0 Å². The second kappa shape index (κ2) is 38.5. The van der Waals surface area contributed by atoms with Gasteiger partial charge in [-0.25, -0.2) is 4.79 Å². The summed E-state index contributed by atoms with van der Waals surface area (Å²) in [5.74, 6) is -2.54. The van der Waals surface area contributed by atoms with Gasteiger partial charge in [-0.1, -0.05) is 124 Å². The molecule has 0 aliphatic heterocycles. The van der Waals surface area contributed by atoms with E-state index in [9.17, 15) is 19.2 Å². The summed E-state index contributed by atoms with van der Waals surface area (Å²) in [6, 6.07) is -1.41. The quantitative estimate of drug-likeness (QED) is 0.0292. The molecule has 0 aliphatic carbocycles. The third-order valence-electron chi connectivity index (χ3n) is 8.06. The van der Waals surface area contributed by atoms with E-state index in [0.717, 1.165) is 96.3 Å². The van der Waals surface area contributed by atoms with Gasteiger partial charge in [-0.05, 0) is 96.0 Å². The molecule has 0 fully saturated rings. The molecule has 9 heteroatoms. The Balaban J connectivity index is 4.54. The van der Waals surface area contributed by atoms with Crippen LogP contribution in [0.15, 0.2) is 97.2 Å². The fraction of sp³-hybridized carbons (Fsp3) is 0.556. The van der Waals surface area contributed by atoms with E-state index in [-0.39, 0.29) is 30.9 Å². The van der Waals surface area contributed by atoms with Crippen LogP contribution in [0.2, 0.25) is 0 Å². The van der Waals surface area contributed by atoms with E-state index in [1.54, 1.807) is 0 Å². The lowest BCUT2D eigenvalue weighted by atomic mass is 10.1. The number of rotatable bonds is 34. The second-order valence-electron chi connectivity index (χ2n) is 13.0. The van der Waals surface area contributed by atoms with Gasteiger partial charge in [-0.2, -0.15) is 0 Å². The number of aliphatic hydroxyl groups excluding tert-OH is 1. The average Bonchev–Trinajstić information content (AvgIpc) is 3.15. The van der Waals surface area contributed by atoms with Crippen LogP contribution in [0.4, 0.5) is 0 Å². The Labute approximate surface area is 326 Å². The number of carbonyl (C=O) groups excluding carboxylic acids is 3. The first kappa shape index (κ1) is 49.8. The van der Waals surface area contributed by atoms with E-state index >= 15 is 0 Å². The highest BCUT2D eigenvalue weighted by Crippen LogP contribution is 2.13. The summed E-state index contributed by atoms with van der Waals surface area (Å²) >= 11 is 0. The molecule has 0 aromatic heterocycles. The minimum absolute atomic E-state index is 0.189. The van der Waals surface area contributed by atoms with Crippen LogP contribution in [0.1, 0.15) is 136 Å². The molecule has 54 heavy (non-hydrogen) atoms. The number of aliphatic hydroxyl groups is 1. The van der Waals surface area contributed by atoms with Crippen molar-refractivity contribution in [3.63, 3.8) is 0 Å². The summed E-state index contributed by atoms with van der Waals surface area (Å²) in [6.45, 7) is 3.16. The van der Waals surface area contributed by atoms with Crippen LogP contribution in [0.5, 0.6) is 0 Å². The number of amides is 2.